The SMILES string of the molecule is O=C(C1=C(c2cn(Cc3ccccc3)nn2)CC=CC1)c1ccccc1. The Morgan fingerprint density at radius 1 is 0.923 bits per heavy atom. The van der Waals surface area contributed by atoms with E-state index in [4.69, 9.17) is 0 Å². The van der Waals surface area contributed by atoms with E-state index in [-0.39, 0.29) is 5.78 Å². The van der Waals surface area contributed by atoms with Crippen molar-refractivity contribution < 1.29 is 4.79 Å². The van der Waals surface area contributed by atoms with Gasteiger partial charge in [-0.1, -0.05) is 78.0 Å². The molecule has 0 N–H and O–H groups in total. The number of allylic oxidation sites excluding steroid dienone is 4. The smallest absolute Gasteiger partial charge is 0.189 e. The van der Waals surface area contributed by atoms with Crippen LogP contribution in [0.15, 0.2) is 84.6 Å². The molecule has 4 rings (SSSR count). The number of aromatic nitrogens is 3. The molecule has 0 radical (unpaired) electrons. The van der Waals surface area contributed by atoms with Gasteiger partial charge in [-0.05, 0) is 24.0 Å². The van der Waals surface area contributed by atoms with Gasteiger partial charge in [-0.3, -0.25) is 4.79 Å². The molecule has 3 aromatic rings. The molecular formula is C22H19N3O. The molecule has 0 saturated heterocycles. The minimum Gasteiger partial charge on any atom is -0.289 e. The summed E-state index contributed by atoms with van der Waals surface area (Å²) in [5.41, 5.74) is 4.45. The quantitative estimate of drug-likeness (QED) is 0.513. The Morgan fingerprint density at radius 2 is 1.62 bits per heavy atom. The highest BCUT2D eigenvalue weighted by molar-refractivity contribution is 6.13. The average Bonchev–Trinajstić information content (AvgIpc) is 3.17. The van der Waals surface area contributed by atoms with Crippen LogP contribution in [0.5, 0.6) is 0 Å². The van der Waals surface area contributed by atoms with E-state index in [1.54, 1.807) is 0 Å². The molecule has 0 saturated carbocycles. The lowest BCUT2D eigenvalue weighted by molar-refractivity contribution is 0.103. The van der Waals surface area contributed by atoms with Crippen LogP contribution in [0.3, 0.4) is 0 Å². The predicted octanol–water partition coefficient (Wildman–Crippen LogP) is 4.31. The molecule has 1 aliphatic carbocycles. The van der Waals surface area contributed by atoms with Gasteiger partial charge in [0.2, 0.25) is 0 Å². The molecule has 0 bridgehead atoms. The molecule has 0 amide bonds. The fourth-order valence-corrected chi connectivity index (χ4v) is 3.19. The van der Waals surface area contributed by atoms with E-state index in [0.29, 0.717) is 24.9 Å². The second-order valence-corrected chi connectivity index (χ2v) is 6.32. The summed E-state index contributed by atoms with van der Waals surface area (Å²) in [6.45, 7) is 0.666. The maximum Gasteiger partial charge on any atom is 0.189 e. The van der Waals surface area contributed by atoms with E-state index < -0.39 is 0 Å². The van der Waals surface area contributed by atoms with Crippen molar-refractivity contribution in [3.63, 3.8) is 0 Å². The van der Waals surface area contributed by atoms with Crippen molar-refractivity contribution >= 4 is 11.4 Å². The number of Topliss-reactive ketones (excluding diaryl/α,β-unsaturated/α-hetero) is 1. The summed E-state index contributed by atoms with van der Waals surface area (Å²) in [5.74, 6) is 0.0718. The fraction of sp³-hybridized carbons (Fsp3) is 0.136. The molecule has 128 valence electrons. The van der Waals surface area contributed by atoms with E-state index >= 15 is 0 Å². The van der Waals surface area contributed by atoms with Gasteiger partial charge in [-0.25, -0.2) is 4.68 Å². The number of nitrogens with zero attached hydrogens (tertiary/aromatic N) is 3. The number of carbonyl (C=O) groups is 1. The van der Waals surface area contributed by atoms with Crippen LogP contribution in [0.1, 0.15) is 34.5 Å². The maximum atomic E-state index is 12.9. The van der Waals surface area contributed by atoms with Crippen molar-refractivity contribution in [1.29, 1.82) is 0 Å². The van der Waals surface area contributed by atoms with E-state index in [1.165, 1.54) is 5.56 Å². The highest BCUT2D eigenvalue weighted by atomic mass is 16.1. The lowest BCUT2D eigenvalue weighted by Crippen LogP contribution is -2.08. The van der Waals surface area contributed by atoms with Gasteiger partial charge in [-0.15, -0.1) is 5.10 Å². The summed E-state index contributed by atoms with van der Waals surface area (Å²) in [5, 5.41) is 8.58. The molecule has 0 aliphatic heterocycles. The van der Waals surface area contributed by atoms with Crippen molar-refractivity contribution in [1.82, 2.24) is 15.0 Å². The normalized spacial score (nSPS) is 13.8. The molecule has 4 heteroatoms. The summed E-state index contributed by atoms with van der Waals surface area (Å²) in [4.78, 5) is 12.9. The number of rotatable bonds is 5. The van der Waals surface area contributed by atoms with Gasteiger partial charge in [-0.2, -0.15) is 0 Å². The third-order valence-electron chi connectivity index (χ3n) is 4.52. The third kappa shape index (κ3) is 3.40. The minimum absolute atomic E-state index is 0.0718. The first-order chi connectivity index (χ1) is 12.8. The van der Waals surface area contributed by atoms with Gasteiger partial charge in [0.05, 0.1) is 12.7 Å². The van der Waals surface area contributed by atoms with Gasteiger partial charge >= 0.3 is 0 Å². The van der Waals surface area contributed by atoms with Crippen LogP contribution in [0.2, 0.25) is 0 Å². The van der Waals surface area contributed by atoms with Crippen LogP contribution in [-0.2, 0) is 6.54 Å². The fourth-order valence-electron chi connectivity index (χ4n) is 3.19. The second kappa shape index (κ2) is 7.31. The molecule has 1 heterocycles. The number of hydrogen-bond acceptors (Lipinski definition) is 3. The summed E-state index contributed by atoms with van der Waals surface area (Å²) >= 11 is 0. The summed E-state index contributed by atoms with van der Waals surface area (Å²) in [7, 11) is 0. The van der Waals surface area contributed by atoms with Gasteiger partial charge < -0.3 is 0 Å². The van der Waals surface area contributed by atoms with Crippen molar-refractivity contribution in [3.05, 3.63) is 101 Å². The van der Waals surface area contributed by atoms with Gasteiger partial charge in [0.1, 0.15) is 5.69 Å². The molecule has 1 aromatic heterocycles. The van der Waals surface area contributed by atoms with Crippen molar-refractivity contribution in [2.45, 2.75) is 19.4 Å². The Hall–Kier alpha value is -3.27. The molecule has 0 fully saturated rings. The van der Waals surface area contributed by atoms with E-state index in [9.17, 15) is 4.79 Å². The van der Waals surface area contributed by atoms with Crippen LogP contribution >= 0.6 is 0 Å². The summed E-state index contributed by atoms with van der Waals surface area (Å²) < 4.78 is 1.82. The van der Waals surface area contributed by atoms with Crippen LogP contribution < -0.4 is 0 Å². The molecule has 0 spiro atoms. The lowest BCUT2D eigenvalue weighted by Gasteiger charge is -2.14. The van der Waals surface area contributed by atoms with E-state index in [0.717, 1.165) is 16.8 Å². The zero-order valence-electron chi connectivity index (χ0n) is 14.4. The van der Waals surface area contributed by atoms with Crippen molar-refractivity contribution in [3.8, 4) is 0 Å². The first-order valence-electron chi connectivity index (χ1n) is 8.72. The Balaban J connectivity index is 1.64. The molecule has 26 heavy (non-hydrogen) atoms. The topological polar surface area (TPSA) is 47.8 Å². The molecular weight excluding hydrogens is 322 g/mol. The van der Waals surface area contributed by atoms with Gasteiger partial charge in [0.15, 0.2) is 5.78 Å². The zero-order chi connectivity index (χ0) is 17.8. The van der Waals surface area contributed by atoms with Gasteiger partial charge in [0.25, 0.3) is 0 Å². The highest BCUT2D eigenvalue weighted by Crippen LogP contribution is 2.29. The lowest BCUT2D eigenvalue weighted by atomic mass is 9.89. The van der Waals surface area contributed by atoms with Crippen LogP contribution in [0.4, 0.5) is 0 Å². The monoisotopic (exact) mass is 341 g/mol. The Bertz CT molecular complexity index is 969. The van der Waals surface area contributed by atoms with Crippen molar-refractivity contribution in [2.75, 3.05) is 0 Å². The molecule has 2 aromatic carbocycles. The number of hydrogen-bond donors (Lipinski definition) is 0. The standard InChI is InChI=1S/C22H19N3O/c26-22(18-11-5-2-6-12-18)20-14-8-7-13-19(20)21-16-25(24-23-21)15-17-9-3-1-4-10-17/h1-12,16H,13-15H2. The van der Waals surface area contributed by atoms with Crippen LogP contribution in [-0.4, -0.2) is 20.8 Å². The van der Waals surface area contributed by atoms with E-state index in [2.05, 4.69) is 28.5 Å². The minimum atomic E-state index is 0.0718. The molecule has 1 aliphatic rings. The first-order valence-corrected chi connectivity index (χ1v) is 8.72. The van der Waals surface area contributed by atoms with Gasteiger partial charge in [0, 0.05) is 11.1 Å². The number of ketones is 1. The molecule has 0 atom stereocenters. The third-order valence-corrected chi connectivity index (χ3v) is 4.52. The molecule has 4 nitrogen and oxygen atoms in total. The summed E-state index contributed by atoms with van der Waals surface area (Å²) in [6, 6.07) is 19.6. The highest BCUT2D eigenvalue weighted by Gasteiger charge is 2.21. The Kier molecular flexibility index (Phi) is 4.56. The van der Waals surface area contributed by atoms with Crippen LogP contribution in [0.25, 0.3) is 5.57 Å². The van der Waals surface area contributed by atoms with Crippen molar-refractivity contribution in [2.24, 2.45) is 0 Å². The molecule has 0 unspecified atom stereocenters. The van der Waals surface area contributed by atoms with E-state index in [1.807, 2.05) is 65.5 Å². The Morgan fingerprint density at radius 3 is 2.38 bits per heavy atom. The Labute approximate surface area is 152 Å². The first kappa shape index (κ1) is 16.2. The number of benzene rings is 2. The largest absolute Gasteiger partial charge is 0.289 e. The van der Waals surface area contributed by atoms with Crippen LogP contribution in [0, 0.1) is 0 Å². The zero-order valence-corrected chi connectivity index (χ0v) is 14.4. The second-order valence-electron chi connectivity index (χ2n) is 6.32. The number of carbonyl (C=O) groups excluding carboxylic acids is 1. The maximum absolute atomic E-state index is 12.9. The summed E-state index contributed by atoms with van der Waals surface area (Å²) in [6.07, 6.45) is 7.41. The predicted molar refractivity (Wildman–Crippen MR) is 102 cm³/mol. The average molecular weight is 341 g/mol.